The van der Waals surface area contributed by atoms with E-state index < -0.39 is 0 Å². The molecule has 2 aromatic carbocycles. The maximum absolute atomic E-state index is 12.1. The summed E-state index contributed by atoms with van der Waals surface area (Å²) in [4.78, 5) is 13.2. The molecule has 5 heteroatoms. The first kappa shape index (κ1) is 16.5. The number of amides is 1. The lowest BCUT2D eigenvalue weighted by Crippen LogP contribution is -3.08. The number of methoxy groups -OCH3 is 1. The highest BCUT2D eigenvalue weighted by Gasteiger charge is 2.11. The normalized spacial score (nSPS) is 11.8. The molecule has 2 aromatic rings. The number of hydrogen-bond acceptors (Lipinski definition) is 2. The van der Waals surface area contributed by atoms with Crippen molar-refractivity contribution in [2.75, 3.05) is 26.0 Å². The largest absolute Gasteiger partial charge is 0.497 e. The summed E-state index contributed by atoms with van der Waals surface area (Å²) in [5.74, 6) is 0.840. The Morgan fingerprint density at radius 1 is 1.23 bits per heavy atom. The van der Waals surface area contributed by atoms with Gasteiger partial charge >= 0.3 is 0 Å². The van der Waals surface area contributed by atoms with Crippen LogP contribution in [-0.4, -0.2) is 26.6 Å². The van der Waals surface area contributed by atoms with Gasteiger partial charge in [0.1, 0.15) is 12.3 Å². The van der Waals surface area contributed by atoms with E-state index in [-0.39, 0.29) is 5.91 Å². The van der Waals surface area contributed by atoms with E-state index in [1.165, 1.54) is 0 Å². The maximum atomic E-state index is 12.1. The predicted molar refractivity (Wildman–Crippen MR) is 91.2 cm³/mol. The van der Waals surface area contributed by atoms with E-state index in [0.717, 1.165) is 32.9 Å². The molecule has 0 spiro atoms. The van der Waals surface area contributed by atoms with E-state index in [1.54, 1.807) is 7.11 Å². The molecule has 0 aromatic heterocycles. The van der Waals surface area contributed by atoms with Crippen molar-refractivity contribution in [2.24, 2.45) is 0 Å². The van der Waals surface area contributed by atoms with Gasteiger partial charge in [0.25, 0.3) is 5.91 Å². The SMILES string of the molecule is COc1cccc(C[NH+](C)CC(=O)Nc2ccc(Br)cc2)c1. The highest BCUT2D eigenvalue weighted by molar-refractivity contribution is 9.10. The molecule has 0 fully saturated rings. The van der Waals surface area contributed by atoms with Crippen molar-refractivity contribution in [2.45, 2.75) is 6.54 Å². The molecule has 0 saturated heterocycles. The fraction of sp³-hybridized carbons (Fsp3) is 0.235. The number of nitrogens with one attached hydrogen (secondary N) is 2. The van der Waals surface area contributed by atoms with Gasteiger partial charge in [-0.1, -0.05) is 28.1 Å². The maximum Gasteiger partial charge on any atom is 0.279 e. The molecule has 1 atom stereocenters. The van der Waals surface area contributed by atoms with Gasteiger partial charge in [-0.3, -0.25) is 4.79 Å². The third kappa shape index (κ3) is 5.16. The van der Waals surface area contributed by atoms with Crippen molar-refractivity contribution in [3.8, 4) is 5.75 Å². The summed E-state index contributed by atoms with van der Waals surface area (Å²) < 4.78 is 6.21. The molecular formula is C17H20BrN2O2+. The van der Waals surface area contributed by atoms with Gasteiger partial charge < -0.3 is 15.0 Å². The van der Waals surface area contributed by atoms with Crippen molar-refractivity contribution >= 4 is 27.5 Å². The molecule has 1 unspecified atom stereocenters. The minimum absolute atomic E-state index is 0.00252. The third-order valence-corrected chi connectivity index (χ3v) is 3.76. The van der Waals surface area contributed by atoms with Gasteiger partial charge in [-0.15, -0.1) is 0 Å². The number of likely N-dealkylation sites (N-methyl/N-ethyl adjacent to an activating group) is 1. The summed E-state index contributed by atoms with van der Waals surface area (Å²) in [6, 6.07) is 15.5. The number of rotatable bonds is 6. The molecule has 2 rings (SSSR count). The summed E-state index contributed by atoms with van der Waals surface area (Å²) in [7, 11) is 3.65. The molecule has 2 N–H and O–H groups in total. The van der Waals surface area contributed by atoms with Crippen LogP contribution >= 0.6 is 15.9 Å². The van der Waals surface area contributed by atoms with Gasteiger partial charge in [-0.05, 0) is 36.4 Å². The van der Waals surface area contributed by atoms with Crippen LogP contribution in [-0.2, 0) is 11.3 Å². The number of anilines is 1. The van der Waals surface area contributed by atoms with Crippen molar-refractivity contribution in [3.05, 3.63) is 58.6 Å². The number of ether oxygens (including phenoxy) is 1. The standard InChI is InChI=1S/C17H19BrN2O2/c1-20(11-13-4-3-5-16(10-13)22-2)12-17(21)19-15-8-6-14(18)7-9-15/h3-10H,11-12H2,1-2H3,(H,19,21)/p+1. The average molecular weight is 364 g/mol. The second-order valence-electron chi connectivity index (χ2n) is 5.22. The van der Waals surface area contributed by atoms with E-state index >= 15 is 0 Å². The smallest absolute Gasteiger partial charge is 0.279 e. The van der Waals surface area contributed by atoms with E-state index in [2.05, 4.69) is 21.2 Å². The molecule has 0 aliphatic carbocycles. The zero-order chi connectivity index (χ0) is 15.9. The number of benzene rings is 2. The zero-order valence-electron chi connectivity index (χ0n) is 12.7. The summed E-state index contributed by atoms with van der Waals surface area (Å²) >= 11 is 3.37. The second-order valence-corrected chi connectivity index (χ2v) is 6.13. The molecule has 4 nitrogen and oxygen atoms in total. The third-order valence-electron chi connectivity index (χ3n) is 3.23. The Morgan fingerprint density at radius 3 is 2.64 bits per heavy atom. The van der Waals surface area contributed by atoms with Crippen molar-refractivity contribution in [1.29, 1.82) is 0 Å². The minimum atomic E-state index is 0.00252. The molecule has 1 amide bonds. The van der Waals surface area contributed by atoms with E-state index in [9.17, 15) is 4.79 Å². The lowest BCUT2D eigenvalue weighted by Gasteiger charge is -2.14. The van der Waals surface area contributed by atoms with E-state index in [0.29, 0.717) is 6.54 Å². The summed E-state index contributed by atoms with van der Waals surface area (Å²) in [6.07, 6.45) is 0. The molecule has 0 aliphatic rings. The van der Waals surface area contributed by atoms with Crippen LogP contribution in [0.25, 0.3) is 0 Å². The Bertz CT molecular complexity index is 629. The van der Waals surface area contributed by atoms with Gasteiger partial charge in [-0.25, -0.2) is 0 Å². The molecule has 116 valence electrons. The summed E-state index contributed by atoms with van der Waals surface area (Å²) in [5.41, 5.74) is 1.95. The lowest BCUT2D eigenvalue weighted by atomic mass is 10.2. The topological polar surface area (TPSA) is 42.8 Å². The molecule has 0 saturated carbocycles. The number of carbonyl (C=O) groups excluding carboxylic acids is 1. The van der Waals surface area contributed by atoms with Crippen molar-refractivity contribution in [1.82, 2.24) is 0 Å². The number of quaternary nitrogens is 1. The monoisotopic (exact) mass is 363 g/mol. The van der Waals surface area contributed by atoms with Crippen LogP contribution in [0.2, 0.25) is 0 Å². The van der Waals surface area contributed by atoms with Gasteiger partial charge in [0.05, 0.1) is 14.2 Å². The molecular weight excluding hydrogens is 344 g/mol. The zero-order valence-corrected chi connectivity index (χ0v) is 14.3. The van der Waals surface area contributed by atoms with Crippen LogP contribution in [0, 0.1) is 0 Å². The van der Waals surface area contributed by atoms with Crippen LogP contribution in [0.1, 0.15) is 5.56 Å². The summed E-state index contributed by atoms with van der Waals surface area (Å²) in [5, 5.41) is 2.90. The fourth-order valence-corrected chi connectivity index (χ4v) is 2.47. The van der Waals surface area contributed by atoms with Crippen molar-refractivity contribution in [3.63, 3.8) is 0 Å². The molecule has 0 aliphatic heterocycles. The molecule has 22 heavy (non-hydrogen) atoms. The number of hydrogen-bond donors (Lipinski definition) is 2. The predicted octanol–water partition coefficient (Wildman–Crippen LogP) is 2.11. The Kier molecular flexibility index (Phi) is 5.98. The molecule has 0 bridgehead atoms. The van der Waals surface area contributed by atoms with Gasteiger partial charge in [-0.2, -0.15) is 0 Å². The average Bonchev–Trinajstić information content (AvgIpc) is 2.49. The Morgan fingerprint density at radius 2 is 1.95 bits per heavy atom. The van der Waals surface area contributed by atoms with Crippen LogP contribution in [0.3, 0.4) is 0 Å². The van der Waals surface area contributed by atoms with Gasteiger partial charge in [0, 0.05) is 15.7 Å². The van der Waals surface area contributed by atoms with Crippen LogP contribution in [0.4, 0.5) is 5.69 Å². The van der Waals surface area contributed by atoms with Crippen LogP contribution in [0.5, 0.6) is 5.75 Å². The van der Waals surface area contributed by atoms with Crippen molar-refractivity contribution < 1.29 is 14.4 Å². The number of halogens is 1. The Hall–Kier alpha value is -1.85. The van der Waals surface area contributed by atoms with E-state index in [4.69, 9.17) is 4.74 Å². The molecule has 0 radical (unpaired) electrons. The Labute approximate surface area is 139 Å². The first-order chi connectivity index (χ1) is 10.6. The lowest BCUT2D eigenvalue weighted by molar-refractivity contribution is -0.885. The first-order valence-corrected chi connectivity index (χ1v) is 7.86. The Balaban J connectivity index is 1.86. The highest BCUT2D eigenvalue weighted by atomic mass is 79.9. The van der Waals surface area contributed by atoms with Crippen LogP contribution in [0.15, 0.2) is 53.0 Å². The fourth-order valence-electron chi connectivity index (χ4n) is 2.21. The quantitative estimate of drug-likeness (QED) is 0.825. The van der Waals surface area contributed by atoms with Gasteiger partial charge in [0.15, 0.2) is 6.54 Å². The summed E-state index contributed by atoms with van der Waals surface area (Å²) in [6.45, 7) is 1.18. The highest BCUT2D eigenvalue weighted by Crippen LogP contribution is 2.14. The number of carbonyl (C=O) groups is 1. The van der Waals surface area contributed by atoms with Crippen LogP contribution < -0.4 is 15.0 Å². The van der Waals surface area contributed by atoms with Gasteiger partial charge in [0.2, 0.25) is 0 Å². The van der Waals surface area contributed by atoms with E-state index in [1.807, 2.05) is 55.6 Å². The molecule has 0 heterocycles. The second kappa shape index (κ2) is 7.96. The first-order valence-electron chi connectivity index (χ1n) is 7.06. The minimum Gasteiger partial charge on any atom is -0.497 e.